The Kier molecular flexibility index (Phi) is 5.11. The highest BCUT2D eigenvalue weighted by Gasteiger charge is 2.18. The molecule has 2 aromatic carbocycles. The van der Waals surface area contributed by atoms with E-state index in [9.17, 15) is 14.9 Å². The van der Waals surface area contributed by atoms with Crippen LogP contribution in [-0.2, 0) is 0 Å². The summed E-state index contributed by atoms with van der Waals surface area (Å²) >= 11 is 1.06. The summed E-state index contributed by atoms with van der Waals surface area (Å²) in [5, 5.41) is 22.4. The van der Waals surface area contributed by atoms with Crippen molar-refractivity contribution in [2.24, 2.45) is 10.2 Å². The van der Waals surface area contributed by atoms with Gasteiger partial charge in [0.1, 0.15) is 11.5 Å². The lowest BCUT2D eigenvalue weighted by Gasteiger charge is -2.08. The van der Waals surface area contributed by atoms with Gasteiger partial charge in [-0.15, -0.1) is 5.10 Å². The van der Waals surface area contributed by atoms with Gasteiger partial charge >= 0.3 is 4.87 Å². The molecular formula is C21H17N5O3S. The Labute approximate surface area is 175 Å². The normalized spacial score (nSPS) is 14.2. The quantitative estimate of drug-likeness (QED) is 0.465. The van der Waals surface area contributed by atoms with Crippen molar-refractivity contribution in [2.45, 2.75) is 13.8 Å². The molecule has 2 N–H and O–H groups in total. The molecule has 0 bridgehead atoms. The summed E-state index contributed by atoms with van der Waals surface area (Å²) in [6.45, 7) is 4.06. The number of rotatable bonds is 5. The van der Waals surface area contributed by atoms with Gasteiger partial charge in [0.05, 0.1) is 16.0 Å². The van der Waals surface area contributed by atoms with Crippen LogP contribution in [0.5, 0.6) is 0 Å². The number of aromatic nitrogens is 1. The third-order valence-corrected chi connectivity index (χ3v) is 5.53. The molecule has 0 fully saturated rings. The number of H-pyrrole nitrogens is 1. The zero-order valence-electron chi connectivity index (χ0n) is 16.2. The lowest BCUT2D eigenvalue weighted by atomic mass is 10.0. The second-order valence-corrected chi connectivity index (χ2v) is 7.79. The number of nitrogens with zero attached hydrogens (tertiary/aromatic N) is 3. The number of benzene rings is 2. The number of thiazole rings is 1. The van der Waals surface area contributed by atoms with Crippen molar-refractivity contribution >= 4 is 46.5 Å². The number of hydrogen-bond donors (Lipinski definition) is 2. The molecule has 0 saturated carbocycles. The van der Waals surface area contributed by atoms with Crippen LogP contribution in [0, 0.1) is 24.0 Å². The Bertz CT molecular complexity index is 1300. The van der Waals surface area contributed by atoms with Crippen LogP contribution in [0.15, 0.2) is 63.0 Å². The van der Waals surface area contributed by atoms with E-state index in [1.807, 2.05) is 32.0 Å². The predicted molar refractivity (Wildman–Crippen MR) is 120 cm³/mol. The molecule has 3 aromatic rings. The SMILES string of the molecule is Cc1ccc(Nc2[nH]c(=O)sc2/C=C2\C=NN=C2c2cccc([N+](=O)[O-])c2)cc1C. The van der Waals surface area contributed by atoms with Crippen LogP contribution >= 0.6 is 11.3 Å². The number of nitrogens with one attached hydrogen (secondary N) is 2. The van der Waals surface area contributed by atoms with Gasteiger partial charge in [-0.1, -0.05) is 29.5 Å². The number of nitro groups is 1. The fraction of sp³-hybridized carbons (Fsp3) is 0.0952. The van der Waals surface area contributed by atoms with Crippen molar-refractivity contribution in [3.8, 4) is 0 Å². The summed E-state index contributed by atoms with van der Waals surface area (Å²) in [6.07, 6.45) is 3.36. The van der Waals surface area contributed by atoms with E-state index in [4.69, 9.17) is 0 Å². The maximum atomic E-state index is 12.0. The summed E-state index contributed by atoms with van der Waals surface area (Å²) in [5.74, 6) is 0.569. The highest BCUT2D eigenvalue weighted by atomic mass is 32.1. The molecule has 1 aliphatic rings. The van der Waals surface area contributed by atoms with Crippen molar-refractivity contribution in [3.63, 3.8) is 0 Å². The molecule has 0 saturated heterocycles. The fourth-order valence-corrected chi connectivity index (χ4v) is 3.75. The number of allylic oxidation sites excluding steroid dienone is 1. The van der Waals surface area contributed by atoms with E-state index in [-0.39, 0.29) is 10.6 Å². The Hall–Kier alpha value is -3.85. The number of aryl methyl sites for hydroxylation is 2. The Morgan fingerprint density at radius 1 is 1.17 bits per heavy atom. The molecule has 0 atom stereocenters. The van der Waals surface area contributed by atoms with Crippen molar-refractivity contribution < 1.29 is 4.92 Å². The van der Waals surface area contributed by atoms with Gasteiger partial charge in [-0.2, -0.15) is 5.10 Å². The molecule has 1 aromatic heterocycles. The average Bonchev–Trinajstić information content (AvgIpc) is 3.31. The van der Waals surface area contributed by atoms with Crippen LogP contribution in [0.2, 0.25) is 0 Å². The third-order valence-electron chi connectivity index (χ3n) is 4.70. The second kappa shape index (κ2) is 7.88. The van der Waals surface area contributed by atoms with Gasteiger partial charge in [0.15, 0.2) is 0 Å². The Morgan fingerprint density at radius 3 is 2.77 bits per heavy atom. The molecule has 8 nitrogen and oxygen atoms in total. The summed E-state index contributed by atoms with van der Waals surface area (Å²) < 4.78 is 0. The topological polar surface area (TPSA) is 113 Å². The number of nitro benzene ring substituents is 1. The first kappa shape index (κ1) is 19.5. The van der Waals surface area contributed by atoms with E-state index < -0.39 is 4.92 Å². The minimum absolute atomic E-state index is 0.0233. The lowest BCUT2D eigenvalue weighted by Crippen LogP contribution is -2.03. The number of anilines is 2. The van der Waals surface area contributed by atoms with Crippen LogP contribution in [0.4, 0.5) is 17.2 Å². The van der Waals surface area contributed by atoms with Crippen LogP contribution in [0.1, 0.15) is 21.6 Å². The van der Waals surface area contributed by atoms with E-state index in [1.165, 1.54) is 17.7 Å². The first-order valence-electron chi connectivity index (χ1n) is 9.06. The maximum Gasteiger partial charge on any atom is 0.306 e. The molecule has 0 amide bonds. The first-order chi connectivity index (χ1) is 14.4. The molecule has 0 radical (unpaired) electrons. The molecular weight excluding hydrogens is 402 g/mol. The summed E-state index contributed by atoms with van der Waals surface area (Å²) in [5.41, 5.74) is 4.91. The van der Waals surface area contributed by atoms with Gasteiger partial charge in [-0.25, -0.2) is 0 Å². The van der Waals surface area contributed by atoms with Crippen molar-refractivity contribution in [2.75, 3.05) is 5.32 Å². The zero-order valence-corrected chi connectivity index (χ0v) is 17.0. The molecule has 30 heavy (non-hydrogen) atoms. The molecule has 150 valence electrons. The van der Waals surface area contributed by atoms with Gasteiger partial charge in [0.2, 0.25) is 0 Å². The van der Waals surface area contributed by atoms with E-state index >= 15 is 0 Å². The molecule has 4 rings (SSSR count). The fourth-order valence-electron chi connectivity index (χ4n) is 3.00. The minimum atomic E-state index is -0.452. The smallest absolute Gasteiger partial charge is 0.306 e. The minimum Gasteiger partial charge on any atom is -0.341 e. The van der Waals surface area contributed by atoms with Crippen LogP contribution in [-0.4, -0.2) is 21.8 Å². The average molecular weight is 419 g/mol. The highest BCUT2D eigenvalue weighted by molar-refractivity contribution is 7.10. The van der Waals surface area contributed by atoms with Crippen LogP contribution in [0.3, 0.4) is 0 Å². The maximum absolute atomic E-state index is 12.0. The van der Waals surface area contributed by atoms with Gasteiger partial charge in [0, 0.05) is 29.0 Å². The Balaban J connectivity index is 1.68. The monoisotopic (exact) mass is 419 g/mol. The Morgan fingerprint density at radius 2 is 2.00 bits per heavy atom. The van der Waals surface area contributed by atoms with Gasteiger partial charge in [0.25, 0.3) is 5.69 Å². The molecule has 2 heterocycles. The van der Waals surface area contributed by atoms with E-state index in [0.717, 1.165) is 22.6 Å². The van der Waals surface area contributed by atoms with Crippen molar-refractivity contribution in [1.82, 2.24) is 4.98 Å². The zero-order chi connectivity index (χ0) is 21.3. The van der Waals surface area contributed by atoms with E-state index in [1.54, 1.807) is 24.4 Å². The van der Waals surface area contributed by atoms with Gasteiger partial charge in [-0.3, -0.25) is 19.9 Å². The van der Waals surface area contributed by atoms with Crippen molar-refractivity contribution in [1.29, 1.82) is 0 Å². The summed E-state index contributed by atoms with van der Waals surface area (Å²) in [7, 11) is 0. The highest BCUT2D eigenvalue weighted by Crippen LogP contribution is 2.26. The van der Waals surface area contributed by atoms with Crippen LogP contribution < -0.4 is 10.2 Å². The van der Waals surface area contributed by atoms with Gasteiger partial charge in [-0.05, 0) is 43.2 Å². The van der Waals surface area contributed by atoms with Gasteiger partial charge < -0.3 is 5.32 Å². The number of hydrogen-bond acceptors (Lipinski definition) is 7. The summed E-state index contributed by atoms with van der Waals surface area (Å²) in [4.78, 5) is 25.9. The summed E-state index contributed by atoms with van der Waals surface area (Å²) in [6, 6.07) is 12.2. The molecule has 0 aliphatic carbocycles. The third kappa shape index (κ3) is 3.96. The predicted octanol–water partition coefficient (Wildman–Crippen LogP) is 4.58. The second-order valence-electron chi connectivity index (χ2n) is 6.78. The number of aromatic amines is 1. The first-order valence-corrected chi connectivity index (χ1v) is 9.87. The number of non-ortho nitro benzene ring substituents is 1. The largest absolute Gasteiger partial charge is 0.341 e. The standard InChI is InChI=1S/C21H17N5O3S/c1-12-6-7-16(8-13(12)2)23-20-18(30-21(27)24-20)10-15-11-22-25-19(15)14-4-3-5-17(9-14)26(28)29/h3-11,23H,1-2H3,(H,24,27)/b15-10+. The molecule has 0 spiro atoms. The van der Waals surface area contributed by atoms with Crippen molar-refractivity contribution in [3.05, 3.63) is 89.4 Å². The van der Waals surface area contributed by atoms with E-state index in [2.05, 4.69) is 20.5 Å². The van der Waals surface area contributed by atoms with Crippen LogP contribution in [0.25, 0.3) is 6.08 Å². The lowest BCUT2D eigenvalue weighted by molar-refractivity contribution is -0.384. The molecule has 9 heteroatoms. The van der Waals surface area contributed by atoms with E-state index in [0.29, 0.717) is 27.5 Å². The molecule has 0 unspecified atom stereocenters. The molecule has 1 aliphatic heterocycles.